The number of anilines is 1. The molecule has 0 atom stereocenters. The van der Waals surface area contributed by atoms with Gasteiger partial charge in [0.2, 0.25) is 0 Å². The van der Waals surface area contributed by atoms with Gasteiger partial charge in [0.05, 0.1) is 29.6 Å². The molecule has 0 bridgehead atoms. The Kier molecular flexibility index (Phi) is 5.75. The van der Waals surface area contributed by atoms with Crippen LogP contribution in [0.5, 0.6) is 5.75 Å². The van der Waals surface area contributed by atoms with Gasteiger partial charge >= 0.3 is 0 Å². The molecule has 0 aliphatic rings. The van der Waals surface area contributed by atoms with E-state index in [0.717, 1.165) is 10.6 Å². The molecule has 0 aliphatic heterocycles. The highest BCUT2D eigenvalue weighted by Crippen LogP contribution is 2.31. The van der Waals surface area contributed by atoms with Crippen LogP contribution in [0.25, 0.3) is 10.6 Å². The molecule has 1 aromatic heterocycles. The van der Waals surface area contributed by atoms with Gasteiger partial charge in [-0.25, -0.2) is 4.98 Å². The zero-order valence-electron chi connectivity index (χ0n) is 14.7. The Morgan fingerprint density at radius 1 is 1.33 bits per heavy atom. The third-order valence-electron chi connectivity index (χ3n) is 3.73. The number of aryl methyl sites for hydroxylation is 1. The summed E-state index contributed by atoms with van der Waals surface area (Å²) in [5.74, 6) is 0.219. The Labute approximate surface area is 166 Å². The van der Waals surface area contributed by atoms with Gasteiger partial charge in [0.15, 0.2) is 0 Å². The molecule has 0 saturated heterocycles. The molecule has 27 heavy (non-hydrogen) atoms. The number of amides is 1. The molecule has 0 spiro atoms. The smallest absolute Gasteiger partial charge is 0.267 e. The lowest BCUT2D eigenvalue weighted by Gasteiger charge is -2.11. The molecule has 0 aliphatic carbocycles. The normalized spacial score (nSPS) is 10.3. The van der Waals surface area contributed by atoms with Gasteiger partial charge in [0.1, 0.15) is 15.6 Å². The summed E-state index contributed by atoms with van der Waals surface area (Å²) in [5.41, 5.74) is 2.38. The summed E-state index contributed by atoms with van der Waals surface area (Å²) in [6.07, 6.45) is 0. The van der Waals surface area contributed by atoms with Crippen molar-refractivity contribution in [2.75, 3.05) is 11.9 Å². The zero-order chi connectivity index (χ0) is 19.4. The molecular formula is C20H16ClN3O2S. The Morgan fingerprint density at radius 3 is 2.85 bits per heavy atom. The maximum atomic E-state index is 12.8. The molecule has 0 saturated carbocycles. The van der Waals surface area contributed by atoms with E-state index in [1.165, 1.54) is 11.3 Å². The van der Waals surface area contributed by atoms with Crippen LogP contribution in [0.2, 0.25) is 5.02 Å². The monoisotopic (exact) mass is 397 g/mol. The van der Waals surface area contributed by atoms with Crippen molar-refractivity contribution < 1.29 is 9.53 Å². The predicted octanol–water partition coefficient (Wildman–Crippen LogP) is 5.29. The van der Waals surface area contributed by atoms with Crippen molar-refractivity contribution in [3.8, 4) is 22.4 Å². The Morgan fingerprint density at radius 2 is 2.15 bits per heavy atom. The SMILES string of the molecule is CCOc1ccc(C#N)cc1NC(=O)c1sc(-c2cccc(Cl)c2)nc1C. The highest BCUT2D eigenvalue weighted by atomic mass is 35.5. The van der Waals surface area contributed by atoms with E-state index in [9.17, 15) is 4.79 Å². The van der Waals surface area contributed by atoms with Crippen LogP contribution in [0.3, 0.4) is 0 Å². The molecule has 2 aromatic carbocycles. The van der Waals surface area contributed by atoms with Gasteiger partial charge in [-0.2, -0.15) is 5.26 Å². The molecule has 7 heteroatoms. The average Bonchev–Trinajstić information content (AvgIpc) is 3.05. The van der Waals surface area contributed by atoms with Crippen LogP contribution in [0.1, 0.15) is 27.9 Å². The number of halogens is 1. The number of carbonyl (C=O) groups excluding carboxylic acids is 1. The summed E-state index contributed by atoms with van der Waals surface area (Å²) < 4.78 is 5.54. The van der Waals surface area contributed by atoms with Crippen LogP contribution in [-0.2, 0) is 0 Å². The Hall–Kier alpha value is -2.88. The summed E-state index contributed by atoms with van der Waals surface area (Å²) in [7, 11) is 0. The van der Waals surface area contributed by atoms with E-state index in [1.54, 1.807) is 31.2 Å². The van der Waals surface area contributed by atoms with Gasteiger partial charge in [-0.1, -0.05) is 23.7 Å². The minimum atomic E-state index is -0.297. The van der Waals surface area contributed by atoms with Gasteiger partial charge in [0.25, 0.3) is 5.91 Å². The van der Waals surface area contributed by atoms with Crippen LogP contribution in [0.15, 0.2) is 42.5 Å². The van der Waals surface area contributed by atoms with Crippen LogP contribution in [0, 0.1) is 18.3 Å². The van der Waals surface area contributed by atoms with E-state index >= 15 is 0 Å². The second-order valence-electron chi connectivity index (χ2n) is 5.65. The number of benzene rings is 2. The number of thiazole rings is 1. The molecule has 136 valence electrons. The lowest BCUT2D eigenvalue weighted by atomic mass is 10.2. The van der Waals surface area contributed by atoms with E-state index in [-0.39, 0.29) is 5.91 Å². The Balaban J connectivity index is 1.90. The molecule has 1 amide bonds. The molecular weight excluding hydrogens is 382 g/mol. The molecule has 1 heterocycles. The van der Waals surface area contributed by atoms with E-state index < -0.39 is 0 Å². The second kappa shape index (κ2) is 8.21. The van der Waals surface area contributed by atoms with E-state index in [0.29, 0.717) is 39.2 Å². The van der Waals surface area contributed by atoms with E-state index in [2.05, 4.69) is 16.4 Å². The van der Waals surface area contributed by atoms with Crippen molar-refractivity contribution in [1.82, 2.24) is 4.98 Å². The van der Waals surface area contributed by atoms with Gasteiger partial charge < -0.3 is 10.1 Å². The first-order valence-corrected chi connectivity index (χ1v) is 9.43. The lowest BCUT2D eigenvalue weighted by Crippen LogP contribution is -2.13. The number of ether oxygens (including phenoxy) is 1. The van der Waals surface area contributed by atoms with Crippen molar-refractivity contribution in [3.05, 3.63) is 63.6 Å². The molecule has 5 nitrogen and oxygen atoms in total. The Bertz CT molecular complexity index is 1040. The van der Waals surface area contributed by atoms with Crippen molar-refractivity contribution in [1.29, 1.82) is 5.26 Å². The first kappa shape index (κ1) is 18.9. The van der Waals surface area contributed by atoms with Crippen molar-refractivity contribution in [2.45, 2.75) is 13.8 Å². The second-order valence-corrected chi connectivity index (χ2v) is 7.09. The topological polar surface area (TPSA) is 75.0 Å². The fourth-order valence-electron chi connectivity index (χ4n) is 2.51. The standard InChI is InChI=1S/C20H16ClN3O2S/c1-3-26-17-8-7-13(11-22)9-16(17)24-19(25)18-12(2)23-20(27-18)14-5-4-6-15(21)10-14/h4-10H,3H2,1-2H3,(H,24,25). The first-order chi connectivity index (χ1) is 13.0. The van der Waals surface area contributed by atoms with Crippen LogP contribution < -0.4 is 10.1 Å². The van der Waals surface area contributed by atoms with Gasteiger partial charge in [-0.05, 0) is 44.2 Å². The van der Waals surface area contributed by atoms with Gasteiger partial charge in [0, 0.05) is 10.6 Å². The predicted molar refractivity (Wildman–Crippen MR) is 108 cm³/mol. The van der Waals surface area contributed by atoms with Crippen LogP contribution in [-0.4, -0.2) is 17.5 Å². The average molecular weight is 398 g/mol. The van der Waals surface area contributed by atoms with Crippen molar-refractivity contribution in [2.24, 2.45) is 0 Å². The number of hydrogen-bond acceptors (Lipinski definition) is 5. The van der Waals surface area contributed by atoms with E-state index in [1.807, 2.05) is 25.1 Å². The van der Waals surface area contributed by atoms with Gasteiger partial charge in [-0.15, -0.1) is 11.3 Å². The number of nitrogens with one attached hydrogen (secondary N) is 1. The molecule has 3 rings (SSSR count). The molecule has 1 N–H and O–H groups in total. The summed E-state index contributed by atoms with van der Waals surface area (Å²) in [6.45, 7) is 4.09. The lowest BCUT2D eigenvalue weighted by molar-refractivity contribution is 0.102. The number of aromatic nitrogens is 1. The summed E-state index contributed by atoms with van der Waals surface area (Å²) in [5, 5.41) is 13.3. The number of hydrogen-bond donors (Lipinski definition) is 1. The van der Waals surface area contributed by atoms with Crippen LogP contribution in [0.4, 0.5) is 5.69 Å². The number of nitriles is 1. The van der Waals surface area contributed by atoms with Crippen LogP contribution >= 0.6 is 22.9 Å². The molecule has 0 unspecified atom stereocenters. The summed E-state index contributed by atoms with van der Waals surface area (Å²) in [4.78, 5) is 17.8. The third-order valence-corrected chi connectivity index (χ3v) is 5.17. The largest absolute Gasteiger partial charge is 0.492 e. The summed E-state index contributed by atoms with van der Waals surface area (Å²) in [6, 6.07) is 14.3. The maximum absolute atomic E-state index is 12.8. The fourth-order valence-corrected chi connectivity index (χ4v) is 3.66. The van der Waals surface area contributed by atoms with Crippen molar-refractivity contribution in [3.63, 3.8) is 0 Å². The molecule has 0 fully saturated rings. The minimum Gasteiger partial charge on any atom is -0.492 e. The molecule has 3 aromatic rings. The minimum absolute atomic E-state index is 0.297. The zero-order valence-corrected chi connectivity index (χ0v) is 16.3. The molecule has 0 radical (unpaired) electrons. The first-order valence-electron chi connectivity index (χ1n) is 8.23. The van der Waals surface area contributed by atoms with Crippen molar-refractivity contribution >= 4 is 34.5 Å². The number of rotatable bonds is 5. The van der Waals surface area contributed by atoms with E-state index in [4.69, 9.17) is 21.6 Å². The quantitative estimate of drug-likeness (QED) is 0.634. The highest BCUT2D eigenvalue weighted by Gasteiger charge is 2.18. The highest BCUT2D eigenvalue weighted by molar-refractivity contribution is 7.17. The fraction of sp³-hybridized carbons (Fsp3) is 0.150. The third kappa shape index (κ3) is 4.27. The van der Waals surface area contributed by atoms with Gasteiger partial charge in [-0.3, -0.25) is 4.79 Å². The number of carbonyl (C=O) groups is 1. The summed E-state index contributed by atoms with van der Waals surface area (Å²) >= 11 is 7.33. The number of nitrogens with zero attached hydrogens (tertiary/aromatic N) is 2. The maximum Gasteiger partial charge on any atom is 0.267 e.